The molecule has 3 aliphatic heterocycles. The van der Waals surface area contributed by atoms with Crippen LogP contribution in [0.25, 0.3) is 0 Å². The first-order valence-corrected chi connectivity index (χ1v) is 9.38. The standard InChI is InChI=1S/C17H25IO5/c1-8(2)7-17(5,16(3,4)18)15(20)23-12-10-6-9-11(21-10)13(12)22-14(9)19/h8-13H,6-7H2,1-5H3. The van der Waals surface area contributed by atoms with Gasteiger partial charge in [0, 0.05) is 3.42 Å². The van der Waals surface area contributed by atoms with Crippen LogP contribution in [-0.4, -0.2) is 39.8 Å². The number of rotatable bonds is 5. The third-order valence-electron chi connectivity index (χ3n) is 5.61. The third kappa shape index (κ3) is 2.69. The largest absolute Gasteiger partial charge is 0.455 e. The first-order chi connectivity index (χ1) is 10.5. The molecule has 0 spiro atoms. The van der Waals surface area contributed by atoms with E-state index in [1.54, 1.807) is 0 Å². The van der Waals surface area contributed by atoms with Crippen molar-refractivity contribution >= 4 is 34.5 Å². The monoisotopic (exact) mass is 436 g/mol. The first-order valence-electron chi connectivity index (χ1n) is 8.30. The highest BCUT2D eigenvalue weighted by Crippen LogP contribution is 2.50. The topological polar surface area (TPSA) is 61.8 Å². The summed E-state index contributed by atoms with van der Waals surface area (Å²) in [7, 11) is 0. The van der Waals surface area contributed by atoms with Crippen LogP contribution in [0.5, 0.6) is 0 Å². The fourth-order valence-electron chi connectivity index (χ4n) is 4.02. The third-order valence-corrected chi connectivity index (χ3v) is 6.80. The van der Waals surface area contributed by atoms with Gasteiger partial charge in [0.05, 0.1) is 17.4 Å². The molecule has 3 aliphatic rings. The Morgan fingerprint density at radius 2 is 2.00 bits per heavy atom. The summed E-state index contributed by atoms with van der Waals surface area (Å²) in [5.74, 6) is -0.207. The number of hydrogen-bond donors (Lipinski definition) is 0. The van der Waals surface area contributed by atoms with Crippen LogP contribution < -0.4 is 0 Å². The zero-order chi connectivity index (χ0) is 17.2. The molecule has 3 heterocycles. The van der Waals surface area contributed by atoms with E-state index in [1.165, 1.54) is 0 Å². The highest BCUT2D eigenvalue weighted by atomic mass is 127. The van der Waals surface area contributed by atoms with Crippen LogP contribution in [0, 0.1) is 17.3 Å². The summed E-state index contributed by atoms with van der Waals surface area (Å²) in [5.41, 5.74) is -0.606. The number of halogens is 1. The maximum atomic E-state index is 13.0. The molecule has 6 heteroatoms. The van der Waals surface area contributed by atoms with E-state index >= 15 is 0 Å². The average molecular weight is 436 g/mol. The van der Waals surface area contributed by atoms with Gasteiger partial charge in [-0.05, 0) is 39.5 Å². The molecule has 5 nitrogen and oxygen atoms in total. The quantitative estimate of drug-likeness (QED) is 0.377. The normalized spacial score (nSPS) is 37.9. The highest BCUT2D eigenvalue weighted by molar-refractivity contribution is 14.1. The minimum absolute atomic E-state index is 0.164. The van der Waals surface area contributed by atoms with Crippen LogP contribution in [0.3, 0.4) is 0 Å². The van der Waals surface area contributed by atoms with E-state index < -0.39 is 17.6 Å². The summed E-state index contributed by atoms with van der Waals surface area (Å²) in [6.45, 7) is 10.3. The smallest absolute Gasteiger partial charge is 0.313 e. The molecular weight excluding hydrogens is 411 g/mol. The van der Waals surface area contributed by atoms with Crippen LogP contribution in [0.4, 0.5) is 0 Å². The van der Waals surface area contributed by atoms with E-state index in [0.29, 0.717) is 12.3 Å². The molecule has 0 saturated carbocycles. The van der Waals surface area contributed by atoms with Crippen molar-refractivity contribution in [2.24, 2.45) is 17.3 Å². The van der Waals surface area contributed by atoms with E-state index in [9.17, 15) is 9.59 Å². The summed E-state index contributed by atoms with van der Waals surface area (Å²) in [6.07, 6.45) is 0.0414. The van der Waals surface area contributed by atoms with Crippen molar-refractivity contribution in [2.75, 3.05) is 0 Å². The van der Waals surface area contributed by atoms with E-state index in [-0.39, 0.29) is 33.5 Å². The van der Waals surface area contributed by atoms with E-state index in [4.69, 9.17) is 14.2 Å². The minimum Gasteiger partial charge on any atom is -0.455 e. The van der Waals surface area contributed by atoms with Gasteiger partial charge in [0.1, 0.15) is 6.10 Å². The second-order valence-corrected chi connectivity index (χ2v) is 10.9. The van der Waals surface area contributed by atoms with Gasteiger partial charge in [-0.15, -0.1) is 0 Å². The number of esters is 2. The lowest BCUT2D eigenvalue weighted by atomic mass is 9.73. The molecule has 0 aromatic carbocycles. The Balaban J connectivity index is 1.77. The Hall–Kier alpha value is -0.370. The van der Waals surface area contributed by atoms with Crippen LogP contribution in [0.2, 0.25) is 0 Å². The molecule has 0 radical (unpaired) electrons. The molecule has 23 heavy (non-hydrogen) atoms. The van der Waals surface area contributed by atoms with Crippen molar-refractivity contribution in [1.82, 2.24) is 0 Å². The molecule has 6 atom stereocenters. The molecular formula is C17H25IO5. The molecule has 3 rings (SSSR count). The number of carbonyl (C=O) groups excluding carboxylic acids is 2. The van der Waals surface area contributed by atoms with Crippen LogP contribution in [0.1, 0.15) is 47.5 Å². The number of fused-ring (bicyclic) bond motifs is 1. The summed E-state index contributed by atoms with van der Waals surface area (Å²) in [5, 5.41) is 0. The van der Waals surface area contributed by atoms with E-state index in [1.807, 2.05) is 6.92 Å². The lowest BCUT2D eigenvalue weighted by Gasteiger charge is -2.40. The molecule has 6 unspecified atom stereocenters. The first kappa shape index (κ1) is 17.5. The van der Waals surface area contributed by atoms with Gasteiger partial charge < -0.3 is 14.2 Å². The molecule has 0 N–H and O–H groups in total. The highest BCUT2D eigenvalue weighted by Gasteiger charge is 2.65. The zero-order valence-corrected chi connectivity index (χ0v) is 16.5. The summed E-state index contributed by atoms with van der Waals surface area (Å²) >= 11 is 2.32. The van der Waals surface area contributed by atoms with Crippen molar-refractivity contribution in [3.8, 4) is 0 Å². The Bertz CT molecular complexity index is 526. The SMILES string of the molecule is CC(C)CC(C)(C(=O)OC1C2CC3C(=O)OC1C3O2)C(C)(C)I. The number of ether oxygens (including phenoxy) is 3. The molecule has 3 saturated heterocycles. The molecule has 0 aromatic heterocycles. The van der Waals surface area contributed by atoms with Crippen molar-refractivity contribution in [1.29, 1.82) is 0 Å². The molecule has 0 aliphatic carbocycles. The van der Waals surface area contributed by atoms with Crippen molar-refractivity contribution in [3.63, 3.8) is 0 Å². The lowest BCUT2D eigenvalue weighted by molar-refractivity contribution is -0.172. The summed E-state index contributed by atoms with van der Waals surface area (Å²) in [6, 6.07) is 0. The Morgan fingerprint density at radius 3 is 2.57 bits per heavy atom. The van der Waals surface area contributed by atoms with Crippen molar-refractivity contribution in [3.05, 3.63) is 0 Å². The zero-order valence-electron chi connectivity index (χ0n) is 14.3. The Morgan fingerprint density at radius 1 is 1.35 bits per heavy atom. The number of alkyl halides is 1. The Kier molecular flexibility index (Phi) is 4.23. The average Bonchev–Trinajstić information content (AvgIpc) is 3.01. The van der Waals surface area contributed by atoms with Crippen LogP contribution in [0.15, 0.2) is 0 Å². The molecule has 0 aromatic rings. The minimum atomic E-state index is -0.606. The van der Waals surface area contributed by atoms with Crippen molar-refractivity contribution in [2.45, 2.75) is 75.3 Å². The maximum Gasteiger partial charge on any atom is 0.313 e. The van der Waals surface area contributed by atoms with Gasteiger partial charge in [0.15, 0.2) is 12.2 Å². The molecule has 0 amide bonds. The predicted molar refractivity (Wildman–Crippen MR) is 92.2 cm³/mol. The molecule has 130 valence electrons. The van der Waals surface area contributed by atoms with E-state index in [0.717, 1.165) is 6.42 Å². The second kappa shape index (κ2) is 5.58. The van der Waals surface area contributed by atoms with E-state index in [2.05, 4.69) is 50.3 Å². The fraction of sp³-hybridized carbons (Fsp3) is 0.882. The van der Waals surface area contributed by atoms with Gasteiger partial charge in [-0.3, -0.25) is 9.59 Å². The number of carbonyl (C=O) groups is 2. The molecule has 2 bridgehead atoms. The van der Waals surface area contributed by atoms with Crippen molar-refractivity contribution < 1.29 is 23.8 Å². The summed E-state index contributed by atoms with van der Waals surface area (Å²) < 4.78 is 16.8. The Labute approximate surface area is 150 Å². The predicted octanol–water partition coefficient (Wildman–Crippen LogP) is 2.88. The van der Waals surface area contributed by atoms with Gasteiger partial charge >= 0.3 is 11.9 Å². The number of hydrogen-bond acceptors (Lipinski definition) is 5. The van der Waals surface area contributed by atoms with Gasteiger partial charge in [0.2, 0.25) is 0 Å². The van der Waals surface area contributed by atoms with Gasteiger partial charge in [-0.1, -0.05) is 36.4 Å². The van der Waals surface area contributed by atoms with Gasteiger partial charge in [-0.2, -0.15) is 0 Å². The maximum absolute atomic E-state index is 13.0. The van der Waals surface area contributed by atoms with Gasteiger partial charge in [-0.25, -0.2) is 0 Å². The van der Waals surface area contributed by atoms with Crippen LogP contribution in [-0.2, 0) is 23.8 Å². The second-order valence-electron chi connectivity index (χ2n) is 8.16. The lowest BCUT2D eigenvalue weighted by Crippen LogP contribution is -2.49. The fourth-order valence-corrected chi connectivity index (χ4v) is 4.46. The summed E-state index contributed by atoms with van der Waals surface area (Å²) in [4.78, 5) is 24.8. The molecule has 3 fully saturated rings. The van der Waals surface area contributed by atoms with Gasteiger partial charge in [0.25, 0.3) is 0 Å². The van der Waals surface area contributed by atoms with Crippen LogP contribution >= 0.6 is 22.6 Å².